The molecule has 2 unspecified atom stereocenters. The van der Waals surface area contributed by atoms with Crippen molar-refractivity contribution in [1.29, 1.82) is 0 Å². The van der Waals surface area contributed by atoms with Gasteiger partial charge in [0.1, 0.15) is 5.69 Å². The van der Waals surface area contributed by atoms with Crippen LogP contribution in [0.5, 0.6) is 0 Å². The van der Waals surface area contributed by atoms with E-state index in [0.717, 1.165) is 17.1 Å². The number of amides is 2. The number of rotatable bonds is 8. The molecule has 3 heterocycles. The molecule has 11 heteroatoms. The highest BCUT2D eigenvalue weighted by Crippen LogP contribution is 2.23. The third kappa shape index (κ3) is 9.95. The Hall–Kier alpha value is -3.28. The molecular weight excluding hydrogens is 492 g/mol. The van der Waals surface area contributed by atoms with Crippen molar-refractivity contribution in [1.82, 2.24) is 24.9 Å². The van der Waals surface area contributed by atoms with Gasteiger partial charge in [0.2, 0.25) is 12.1 Å². The van der Waals surface area contributed by atoms with Crippen molar-refractivity contribution in [2.45, 2.75) is 50.8 Å². The molecule has 2 atom stereocenters. The first-order valence-electron chi connectivity index (χ1n) is 12.1. The second kappa shape index (κ2) is 15.1. The minimum absolute atomic E-state index is 0.0625. The van der Waals surface area contributed by atoms with Crippen molar-refractivity contribution >= 4 is 35.9 Å². The second-order valence-electron chi connectivity index (χ2n) is 9.10. The molecule has 10 nitrogen and oxygen atoms in total. The van der Waals surface area contributed by atoms with Crippen LogP contribution in [0.25, 0.3) is 12.2 Å². The number of nitrogens with one attached hydrogen (secondary N) is 2. The molecule has 2 aromatic rings. The zero-order chi connectivity index (χ0) is 27.4. The fourth-order valence-corrected chi connectivity index (χ4v) is 4.32. The van der Waals surface area contributed by atoms with E-state index in [1.807, 2.05) is 10.4 Å². The largest absolute Gasteiger partial charge is 0.390 e. The molecule has 0 saturated carbocycles. The van der Waals surface area contributed by atoms with Crippen LogP contribution in [0.1, 0.15) is 55.5 Å². The first-order chi connectivity index (χ1) is 17.6. The van der Waals surface area contributed by atoms with Crippen molar-refractivity contribution in [3.05, 3.63) is 60.8 Å². The fraction of sp³-hybridized carbons (Fsp3) is 0.423. The monoisotopic (exact) mass is 529 g/mol. The molecule has 2 aromatic heterocycles. The molecule has 4 N–H and O–H groups in total. The second-order valence-corrected chi connectivity index (χ2v) is 10.2. The Morgan fingerprint density at radius 1 is 1.27 bits per heavy atom. The SMILES string of the molecule is C=Cc1ncc(C(=O)NCC(=O)NC2CCCN(Sc3cccc[n+]3O)CC2O)nc1C=C.CC(C)C. The van der Waals surface area contributed by atoms with E-state index in [9.17, 15) is 19.9 Å². The maximum absolute atomic E-state index is 12.4. The van der Waals surface area contributed by atoms with Gasteiger partial charge < -0.3 is 15.7 Å². The van der Waals surface area contributed by atoms with Crippen molar-refractivity contribution in [3.63, 3.8) is 0 Å². The summed E-state index contributed by atoms with van der Waals surface area (Å²) < 4.78 is 2.97. The zero-order valence-corrected chi connectivity index (χ0v) is 22.4. The molecule has 3 rings (SSSR count). The molecule has 0 bridgehead atoms. The van der Waals surface area contributed by atoms with Crippen LogP contribution >= 0.6 is 11.9 Å². The standard InChI is InChI=1S/C22H26N6O4S.C4H10/c1-3-15-16(4-2)25-18(12-23-15)22(31)24-13-20(30)26-17-8-7-10-27(14-19(17)29)33-21-9-5-6-11-28(21)32;1-4(2)3/h3-6,9,11-12,17,19,29H,1-2,7-8,10,13-14H2,(H2-,24,26,30,31,32);4H,1-3H3/p+1. The van der Waals surface area contributed by atoms with Gasteiger partial charge in [0.15, 0.2) is 0 Å². The fourth-order valence-electron chi connectivity index (χ4n) is 3.32. The highest BCUT2D eigenvalue weighted by molar-refractivity contribution is 7.96. The van der Waals surface area contributed by atoms with Gasteiger partial charge in [-0.2, -0.15) is 0 Å². The molecule has 0 aromatic carbocycles. The van der Waals surface area contributed by atoms with Crippen LogP contribution in [0.4, 0.5) is 0 Å². The number of aliphatic hydroxyl groups is 1. The molecule has 1 aliphatic heterocycles. The summed E-state index contributed by atoms with van der Waals surface area (Å²) in [6, 6.07) is 4.86. The van der Waals surface area contributed by atoms with Crippen molar-refractivity contribution in [2.24, 2.45) is 5.92 Å². The first-order valence-corrected chi connectivity index (χ1v) is 12.9. The van der Waals surface area contributed by atoms with Crippen molar-refractivity contribution < 1.29 is 24.6 Å². The minimum Gasteiger partial charge on any atom is -0.390 e. The molecule has 0 aliphatic carbocycles. The smallest absolute Gasteiger partial charge is 0.305 e. The Kier molecular flexibility index (Phi) is 12.2. The lowest BCUT2D eigenvalue weighted by Crippen LogP contribution is -2.48. The average molecular weight is 530 g/mol. The Bertz CT molecular complexity index is 1080. The lowest BCUT2D eigenvalue weighted by Gasteiger charge is -2.23. The maximum atomic E-state index is 12.4. The highest BCUT2D eigenvalue weighted by Gasteiger charge is 2.29. The summed E-state index contributed by atoms with van der Waals surface area (Å²) in [7, 11) is 0. The van der Waals surface area contributed by atoms with Gasteiger partial charge in [-0.3, -0.25) is 19.8 Å². The molecule has 1 saturated heterocycles. The van der Waals surface area contributed by atoms with E-state index in [2.05, 4.69) is 54.5 Å². The molecule has 2 amide bonds. The third-order valence-electron chi connectivity index (χ3n) is 5.01. The maximum Gasteiger partial charge on any atom is 0.305 e. The number of pyridine rings is 1. The van der Waals surface area contributed by atoms with Crippen LogP contribution in [-0.4, -0.2) is 68.2 Å². The van der Waals surface area contributed by atoms with Gasteiger partial charge in [-0.15, -0.1) is 0 Å². The summed E-state index contributed by atoms with van der Waals surface area (Å²) in [4.78, 5) is 33.0. The Labute approximate surface area is 222 Å². The molecule has 200 valence electrons. The van der Waals surface area contributed by atoms with E-state index in [1.54, 1.807) is 12.1 Å². The number of hydrogen-bond donors (Lipinski definition) is 4. The Morgan fingerprint density at radius 2 is 1.97 bits per heavy atom. The van der Waals surface area contributed by atoms with E-state index in [0.29, 0.717) is 35.9 Å². The van der Waals surface area contributed by atoms with E-state index in [1.165, 1.54) is 36.5 Å². The number of nitrogens with zero attached hydrogens (tertiary/aromatic N) is 4. The topological polar surface area (TPSA) is 132 Å². The van der Waals surface area contributed by atoms with Crippen LogP contribution in [-0.2, 0) is 4.79 Å². The Balaban J connectivity index is 0.00000112. The highest BCUT2D eigenvalue weighted by atomic mass is 32.2. The van der Waals surface area contributed by atoms with Gasteiger partial charge in [-0.25, -0.2) is 9.29 Å². The van der Waals surface area contributed by atoms with E-state index in [-0.39, 0.29) is 12.2 Å². The predicted octanol–water partition coefficient (Wildman–Crippen LogP) is 2.33. The number of carbonyl (C=O) groups is 2. The predicted molar refractivity (Wildman–Crippen MR) is 143 cm³/mol. The van der Waals surface area contributed by atoms with Gasteiger partial charge in [-0.05, 0) is 37.0 Å². The minimum atomic E-state index is -0.803. The number of aromatic nitrogens is 3. The van der Waals surface area contributed by atoms with Gasteiger partial charge in [0.05, 0.1) is 36.3 Å². The van der Waals surface area contributed by atoms with Crippen LogP contribution < -0.4 is 15.4 Å². The Morgan fingerprint density at radius 3 is 2.62 bits per heavy atom. The van der Waals surface area contributed by atoms with E-state index in [4.69, 9.17) is 0 Å². The summed E-state index contributed by atoms with van der Waals surface area (Å²) >= 11 is 1.34. The number of carbonyl (C=O) groups excluding carboxylic acids is 2. The normalized spacial score (nSPS) is 17.6. The summed E-state index contributed by atoms with van der Waals surface area (Å²) in [5.74, 6) is -0.120. The molecule has 0 radical (unpaired) electrons. The van der Waals surface area contributed by atoms with Crippen molar-refractivity contribution in [2.75, 3.05) is 19.6 Å². The van der Waals surface area contributed by atoms with Crippen molar-refractivity contribution in [3.8, 4) is 0 Å². The van der Waals surface area contributed by atoms with Crippen LogP contribution in [0.15, 0.2) is 48.8 Å². The van der Waals surface area contributed by atoms with E-state index >= 15 is 0 Å². The van der Waals surface area contributed by atoms with Gasteiger partial charge in [0, 0.05) is 41.9 Å². The molecule has 1 aliphatic rings. The van der Waals surface area contributed by atoms with Crippen LogP contribution in [0.3, 0.4) is 0 Å². The van der Waals surface area contributed by atoms with Gasteiger partial charge >= 0.3 is 5.03 Å². The summed E-state index contributed by atoms with van der Waals surface area (Å²) in [5, 5.41) is 26.4. The van der Waals surface area contributed by atoms with E-state index < -0.39 is 24.0 Å². The van der Waals surface area contributed by atoms with Crippen LogP contribution in [0, 0.1) is 5.92 Å². The lowest BCUT2D eigenvalue weighted by atomic mass is 10.1. The molecule has 37 heavy (non-hydrogen) atoms. The summed E-state index contributed by atoms with van der Waals surface area (Å²) in [6.45, 7) is 14.5. The lowest BCUT2D eigenvalue weighted by molar-refractivity contribution is -0.932. The van der Waals surface area contributed by atoms with Gasteiger partial charge in [0.25, 0.3) is 5.91 Å². The summed E-state index contributed by atoms with van der Waals surface area (Å²) in [5.41, 5.74) is 0.996. The first kappa shape index (κ1) is 29.9. The third-order valence-corrected chi connectivity index (χ3v) is 6.11. The number of β-amino-alcohol motifs (C(OH)–C–C–N with tert-alkyl or cyclic N) is 1. The van der Waals surface area contributed by atoms with Crippen LogP contribution in [0.2, 0.25) is 0 Å². The summed E-state index contributed by atoms with van der Waals surface area (Å²) in [6.07, 6.45) is 6.35. The molecular formula is C26H37N6O4S+. The number of aliphatic hydroxyl groups excluding tert-OH is 1. The molecule has 1 fully saturated rings. The zero-order valence-electron chi connectivity index (χ0n) is 21.6. The average Bonchev–Trinajstić information content (AvgIpc) is 3.03. The molecule has 0 spiro atoms. The number of hydrogen-bond acceptors (Lipinski definition) is 8. The van der Waals surface area contributed by atoms with Gasteiger partial charge in [-0.1, -0.05) is 33.9 Å². The quantitative estimate of drug-likeness (QED) is 0.233.